The molecular weight excluding hydrogens is 473 g/mol. The molecule has 8 nitrogen and oxygen atoms in total. The fourth-order valence-electron chi connectivity index (χ4n) is 4.01. The molecule has 1 saturated heterocycles. The molecule has 0 aliphatic carbocycles. The van der Waals surface area contributed by atoms with Crippen molar-refractivity contribution in [3.05, 3.63) is 58.6 Å². The number of para-hydroxylation sites is 1. The van der Waals surface area contributed by atoms with E-state index in [1.54, 1.807) is 6.07 Å². The molecule has 1 fully saturated rings. The highest BCUT2D eigenvalue weighted by molar-refractivity contribution is 7.89. The molecule has 184 valence electrons. The minimum atomic E-state index is -4.51. The Labute approximate surface area is 194 Å². The van der Waals surface area contributed by atoms with Gasteiger partial charge in [0.2, 0.25) is 10.0 Å². The van der Waals surface area contributed by atoms with Crippen molar-refractivity contribution in [3.8, 4) is 0 Å². The number of hydrogen-bond donors (Lipinski definition) is 2. The first-order valence-corrected chi connectivity index (χ1v) is 12.4. The number of anilines is 1. The fourth-order valence-corrected chi connectivity index (χ4v) is 5.08. The van der Waals surface area contributed by atoms with E-state index in [9.17, 15) is 26.4 Å². The number of aromatic nitrogens is 1. The summed E-state index contributed by atoms with van der Waals surface area (Å²) in [6, 6.07) is 9.00. The Morgan fingerprint density at radius 1 is 1.00 bits per heavy atom. The third kappa shape index (κ3) is 5.62. The number of benzene rings is 2. The van der Waals surface area contributed by atoms with Crippen molar-refractivity contribution in [1.82, 2.24) is 14.6 Å². The molecule has 2 aromatic carbocycles. The van der Waals surface area contributed by atoms with E-state index in [1.807, 2.05) is 12.1 Å². The van der Waals surface area contributed by atoms with Crippen LogP contribution < -0.4 is 15.4 Å². The zero-order valence-electron chi connectivity index (χ0n) is 18.3. The van der Waals surface area contributed by atoms with Crippen molar-refractivity contribution in [2.75, 3.05) is 44.2 Å². The number of piperazine rings is 1. The SMILES string of the molecule is O=c1[nH]c2c(N3CCN(CCCCNS(=O)(=O)c4ccc(C(F)(F)F)cc4)CC3)cccc2o1. The second-order valence-corrected chi connectivity index (χ2v) is 9.89. The van der Waals surface area contributed by atoms with Crippen molar-refractivity contribution in [2.45, 2.75) is 23.9 Å². The minimum absolute atomic E-state index is 0.189. The molecule has 0 atom stereocenters. The average molecular weight is 499 g/mol. The van der Waals surface area contributed by atoms with Gasteiger partial charge in [-0.2, -0.15) is 13.2 Å². The van der Waals surface area contributed by atoms with Crippen LogP contribution in [0.4, 0.5) is 18.9 Å². The predicted molar refractivity (Wildman–Crippen MR) is 121 cm³/mol. The van der Waals surface area contributed by atoms with Gasteiger partial charge < -0.3 is 9.32 Å². The van der Waals surface area contributed by atoms with E-state index in [2.05, 4.69) is 19.5 Å². The van der Waals surface area contributed by atoms with Crippen LogP contribution in [0.25, 0.3) is 11.1 Å². The van der Waals surface area contributed by atoms with Crippen molar-refractivity contribution in [3.63, 3.8) is 0 Å². The number of oxazole rings is 1. The Kier molecular flexibility index (Phi) is 7.01. The van der Waals surface area contributed by atoms with Gasteiger partial charge in [-0.25, -0.2) is 17.9 Å². The largest absolute Gasteiger partial charge is 0.417 e. The Morgan fingerprint density at radius 3 is 2.38 bits per heavy atom. The van der Waals surface area contributed by atoms with Gasteiger partial charge >= 0.3 is 11.9 Å². The molecule has 2 heterocycles. The third-order valence-corrected chi connectivity index (χ3v) is 7.31. The molecular formula is C22H25F3N4O4S. The van der Waals surface area contributed by atoms with Gasteiger partial charge in [0.05, 0.1) is 16.1 Å². The third-order valence-electron chi connectivity index (χ3n) is 5.83. The molecule has 4 rings (SSSR count). The Bertz CT molecular complexity index is 1280. The van der Waals surface area contributed by atoms with Crippen LogP contribution in [-0.4, -0.2) is 57.6 Å². The maximum Gasteiger partial charge on any atom is 0.417 e. The smallest absolute Gasteiger partial charge is 0.408 e. The summed E-state index contributed by atoms with van der Waals surface area (Å²) in [5.41, 5.74) is 1.27. The number of sulfonamides is 1. The van der Waals surface area contributed by atoms with Crippen LogP contribution in [0.5, 0.6) is 0 Å². The first kappa shape index (κ1) is 24.3. The zero-order chi connectivity index (χ0) is 24.3. The molecule has 1 aromatic heterocycles. The van der Waals surface area contributed by atoms with Crippen LogP contribution in [0.3, 0.4) is 0 Å². The van der Waals surface area contributed by atoms with Crippen molar-refractivity contribution in [2.24, 2.45) is 0 Å². The summed E-state index contributed by atoms with van der Waals surface area (Å²) < 4.78 is 70.1. The summed E-state index contributed by atoms with van der Waals surface area (Å²) in [6.45, 7) is 4.24. The van der Waals surface area contributed by atoms with Gasteiger partial charge in [-0.15, -0.1) is 0 Å². The molecule has 1 aliphatic rings. The Hall–Kier alpha value is -2.83. The monoisotopic (exact) mass is 498 g/mol. The van der Waals surface area contributed by atoms with Crippen LogP contribution in [0.2, 0.25) is 0 Å². The maximum absolute atomic E-state index is 12.6. The molecule has 1 aliphatic heterocycles. The Morgan fingerprint density at radius 2 is 1.71 bits per heavy atom. The number of rotatable bonds is 8. The van der Waals surface area contributed by atoms with Gasteiger partial charge in [0.15, 0.2) is 5.58 Å². The first-order valence-electron chi connectivity index (χ1n) is 10.9. The lowest BCUT2D eigenvalue weighted by Crippen LogP contribution is -2.46. The molecule has 3 aromatic rings. The van der Waals surface area contributed by atoms with Crippen LogP contribution in [-0.2, 0) is 16.2 Å². The molecule has 34 heavy (non-hydrogen) atoms. The summed E-state index contributed by atoms with van der Waals surface area (Å²) >= 11 is 0. The van der Waals surface area contributed by atoms with E-state index >= 15 is 0 Å². The maximum atomic E-state index is 12.6. The topological polar surface area (TPSA) is 98.6 Å². The lowest BCUT2D eigenvalue weighted by molar-refractivity contribution is -0.137. The van der Waals surface area contributed by atoms with E-state index < -0.39 is 27.5 Å². The second-order valence-electron chi connectivity index (χ2n) is 8.12. The summed E-state index contributed by atoms with van der Waals surface area (Å²) in [6.07, 6.45) is -3.12. The summed E-state index contributed by atoms with van der Waals surface area (Å²) in [5, 5.41) is 0. The van der Waals surface area contributed by atoms with Crippen molar-refractivity contribution in [1.29, 1.82) is 0 Å². The second kappa shape index (κ2) is 9.80. The molecule has 0 saturated carbocycles. The van der Waals surface area contributed by atoms with Gasteiger partial charge in [0, 0.05) is 32.7 Å². The predicted octanol–water partition coefficient (Wildman–Crippen LogP) is 3.02. The number of alkyl halides is 3. The van der Waals surface area contributed by atoms with E-state index in [0.717, 1.165) is 69.1 Å². The van der Waals surface area contributed by atoms with E-state index in [1.165, 1.54) is 0 Å². The molecule has 0 unspecified atom stereocenters. The molecule has 0 amide bonds. The number of aromatic amines is 1. The summed E-state index contributed by atoms with van der Waals surface area (Å²) in [5.74, 6) is -0.477. The van der Waals surface area contributed by atoms with Gasteiger partial charge in [0.1, 0.15) is 5.52 Å². The fraction of sp³-hybridized carbons (Fsp3) is 0.409. The number of fused-ring (bicyclic) bond motifs is 1. The van der Waals surface area contributed by atoms with Gasteiger partial charge in [-0.3, -0.25) is 9.88 Å². The highest BCUT2D eigenvalue weighted by Gasteiger charge is 2.30. The van der Waals surface area contributed by atoms with E-state index in [-0.39, 0.29) is 11.4 Å². The number of halogens is 3. The normalized spacial score (nSPS) is 15.8. The van der Waals surface area contributed by atoms with Crippen LogP contribution in [0, 0.1) is 0 Å². The highest BCUT2D eigenvalue weighted by atomic mass is 32.2. The molecule has 2 N–H and O–H groups in total. The lowest BCUT2D eigenvalue weighted by atomic mass is 10.2. The summed E-state index contributed by atoms with van der Waals surface area (Å²) in [7, 11) is -3.85. The standard InChI is InChI=1S/C22H25F3N4O4S/c23-22(24,25)16-6-8-17(9-7-16)34(31,32)26-10-1-2-11-28-12-14-29(15-13-28)18-4-3-5-19-20(18)27-21(30)33-19/h3-9,26H,1-2,10-15H2,(H,27,30). The van der Waals surface area contributed by atoms with Crippen LogP contribution >= 0.6 is 0 Å². The molecule has 0 bridgehead atoms. The number of nitrogens with zero attached hydrogens (tertiary/aromatic N) is 2. The van der Waals surface area contributed by atoms with Gasteiger partial charge in [0.25, 0.3) is 0 Å². The number of nitrogens with one attached hydrogen (secondary N) is 2. The van der Waals surface area contributed by atoms with Crippen LogP contribution in [0.1, 0.15) is 18.4 Å². The van der Waals surface area contributed by atoms with Crippen LogP contribution in [0.15, 0.2) is 56.6 Å². The van der Waals surface area contributed by atoms with E-state index in [0.29, 0.717) is 17.5 Å². The first-order chi connectivity index (χ1) is 16.1. The molecule has 12 heteroatoms. The number of H-pyrrole nitrogens is 1. The highest BCUT2D eigenvalue weighted by Crippen LogP contribution is 2.29. The molecule has 0 radical (unpaired) electrons. The van der Waals surface area contributed by atoms with Crippen molar-refractivity contribution >= 4 is 26.8 Å². The summed E-state index contributed by atoms with van der Waals surface area (Å²) in [4.78, 5) is 18.5. The minimum Gasteiger partial charge on any atom is -0.408 e. The lowest BCUT2D eigenvalue weighted by Gasteiger charge is -2.36. The molecule has 0 spiro atoms. The van der Waals surface area contributed by atoms with Gasteiger partial charge in [-0.1, -0.05) is 6.07 Å². The zero-order valence-corrected chi connectivity index (χ0v) is 19.1. The van der Waals surface area contributed by atoms with Crippen molar-refractivity contribution < 1.29 is 26.0 Å². The number of hydrogen-bond acceptors (Lipinski definition) is 6. The quantitative estimate of drug-likeness (QED) is 0.464. The Balaban J connectivity index is 1.20. The number of unbranched alkanes of at least 4 members (excludes halogenated alkanes) is 1. The average Bonchev–Trinajstić information content (AvgIpc) is 3.19. The van der Waals surface area contributed by atoms with Gasteiger partial charge in [-0.05, 0) is 55.8 Å². The van der Waals surface area contributed by atoms with E-state index in [4.69, 9.17) is 4.42 Å².